The summed E-state index contributed by atoms with van der Waals surface area (Å²) >= 11 is 0. The Morgan fingerprint density at radius 1 is 1.13 bits per heavy atom. The predicted octanol–water partition coefficient (Wildman–Crippen LogP) is 2.65. The van der Waals surface area contributed by atoms with E-state index < -0.39 is 32.2 Å². The molecule has 132 valence electrons. The van der Waals surface area contributed by atoms with Crippen molar-refractivity contribution in [2.24, 2.45) is 0 Å². The summed E-state index contributed by atoms with van der Waals surface area (Å²) in [5, 5.41) is 18.4. The molecule has 7 nitrogen and oxygen atoms in total. The lowest BCUT2D eigenvalue weighted by Crippen LogP contribution is -2.59. The molecule has 0 saturated carbocycles. The number of nitrogens with zero attached hydrogens (tertiary/aromatic N) is 1. The smallest absolute Gasteiger partial charge is 0.351 e. The number of hydrogen-bond donors (Lipinski definition) is 2. The van der Waals surface area contributed by atoms with E-state index in [9.17, 15) is 19.5 Å². The van der Waals surface area contributed by atoms with Crippen molar-refractivity contribution in [3.63, 3.8) is 0 Å². The zero-order chi connectivity index (χ0) is 18.2. The molecule has 0 aromatic rings. The number of carboxylic acid groups (broad SMARTS) is 2. The highest BCUT2D eigenvalue weighted by atomic mass is 28.3. The van der Waals surface area contributed by atoms with Crippen molar-refractivity contribution < 1.29 is 29.4 Å². The van der Waals surface area contributed by atoms with Gasteiger partial charge in [-0.05, 0) is 31.5 Å². The maximum absolute atomic E-state index is 12.0. The molecule has 0 fully saturated rings. The van der Waals surface area contributed by atoms with E-state index in [1.165, 1.54) is 11.7 Å². The summed E-state index contributed by atoms with van der Waals surface area (Å²) in [6.45, 7) is 10.8. The lowest BCUT2D eigenvalue weighted by molar-refractivity contribution is -0.181. The van der Waals surface area contributed by atoms with Gasteiger partial charge in [0.05, 0.1) is 0 Å². The maximum atomic E-state index is 12.0. The molecule has 0 amide bonds. The van der Waals surface area contributed by atoms with Gasteiger partial charge in [0.15, 0.2) is 8.24 Å². The monoisotopic (exact) mass is 345 g/mol. The van der Waals surface area contributed by atoms with Crippen molar-refractivity contribution >= 4 is 26.1 Å². The van der Waals surface area contributed by atoms with Crippen molar-refractivity contribution in [3.05, 3.63) is 12.2 Å². The first kappa shape index (κ1) is 21.3. The molecule has 8 heteroatoms. The van der Waals surface area contributed by atoms with Gasteiger partial charge in [0, 0.05) is 12.0 Å². The van der Waals surface area contributed by atoms with E-state index in [-0.39, 0.29) is 18.4 Å². The quantitative estimate of drug-likeness (QED) is 0.337. The molecule has 0 saturated heterocycles. The molecule has 0 bridgehead atoms. The SMILES string of the molecule is C=C(C)C(=O)ON([C@@H](CCC(=O)O)C(=O)O)[Si](CC)(CC)CC. The Morgan fingerprint density at radius 3 is 1.91 bits per heavy atom. The van der Waals surface area contributed by atoms with Crippen molar-refractivity contribution in [2.45, 2.75) is 64.7 Å². The van der Waals surface area contributed by atoms with Gasteiger partial charge in [-0.3, -0.25) is 9.59 Å². The second kappa shape index (κ2) is 9.46. The zero-order valence-corrected chi connectivity index (χ0v) is 15.3. The van der Waals surface area contributed by atoms with Crippen LogP contribution in [0.1, 0.15) is 40.5 Å². The van der Waals surface area contributed by atoms with Crippen LogP contribution in [0.4, 0.5) is 0 Å². The van der Waals surface area contributed by atoms with E-state index >= 15 is 0 Å². The van der Waals surface area contributed by atoms with Gasteiger partial charge >= 0.3 is 17.9 Å². The van der Waals surface area contributed by atoms with Gasteiger partial charge < -0.3 is 15.1 Å². The molecule has 1 atom stereocenters. The van der Waals surface area contributed by atoms with Crippen LogP contribution in [0.2, 0.25) is 18.1 Å². The van der Waals surface area contributed by atoms with Crippen molar-refractivity contribution in [1.29, 1.82) is 0 Å². The number of hydroxylamine groups is 1. The van der Waals surface area contributed by atoms with Crippen LogP contribution >= 0.6 is 0 Å². The minimum absolute atomic E-state index is 0.122. The van der Waals surface area contributed by atoms with Crippen LogP contribution in [0.5, 0.6) is 0 Å². The fourth-order valence-electron chi connectivity index (χ4n) is 2.48. The molecule has 23 heavy (non-hydrogen) atoms. The number of carboxylic acids is 2. The van der Waals surface area contributed by atoms with Crippen molar-refractivity contribution in [2.75, 3.05) is 0 Å². The largest absolute Gasteiger partial charge is 0.481 e. The van der Waals surface area contributed by atoms with Crippen LogP contribution in [-0.4, -0.2) is 47.1 Å². The zero-order valence-electron chi connectivity index (χ0n) is 14.3. The number of carbonyl (C=O) groups excluding carboxylic acids is 1. The van der Waals surface area contributed by atoms with Crippen LogP contribution < -0.4 is 0 Å². The van der Waals surface area contributed by atoms with Crippen LogP contribution in [0.25, 0.3) is 0 Å². The van der Waals surface area contributed by atoms with Gasteiger partial charge in [-0.15, -0.1) is 0 Å². The first-order valence-electron chi connectivity index (χ1n) is 7.76. The third-order valence-electron chi connectivity index (χ3n) is 4.17. The third-order valence-corrected chi connectivity index (χ3v) is 9.46. The Balaban J connectivity index is 5.75. The standard InChI is InChI=1S/C15H27NO6Si/c1-6-23(7-2,8-3)16(22-15(21)11(4)5)12(14(19)20)9-10-13(17)18/h12H,4,6-10H2,1-3,5H3,(H,17,18)(H,19,20)/t12-/m0/s1. The topological polar surface area (TPSA) is 104 Å². The van der Waals surface area contributed by atoms with Gasteiger partial charge in [0.2, 0.25) is 0 Å². The number of carbonyl (C=O) groups is 3. The molecule has 0 radical (unpaired) electrons. The predicted molar refractivity (Wildman–Crippen MR) is 88.2 cm³/mol. The van der Waals surface area contributed by atoms with E-state index in [0.717, 1.165) is 0 Å². The lowest BCUT2D eigenvalue weighted by atomic mass is 10.2. The first-order valence-corrected chi connectivity index (χ1v) is 10.3. The van der Waals surface area contributed by atoms with Gasteiger partial charge in [0.1, 0.15) is 6.04 Å². The summed E-state index contributed by atoms with van der Waals surface area (Å²) in [6.07, 6.45) is -0.428. The van der Waals surface area contributed by atoms with Crippen molar-refractivity contribution in [1.82, 2.24) is 4.73 Å². The number of rotatable bonds is 11. The van der Waals surface area contributed by atoms with Gasteiger partial charge in [-0.25, -0.2) is 4.79 Å². The fraction of sp³-hybridized carbons (Fsp3) is 0.667. The van der Waals surface area contributed by atoms with Crippen LogP contribution in [0.15, 0.2) is 12.2 Å². The molecule has 0 aliphatic carbocycles. The molecule has 0 aliphatic rings. The highest BCUT2D eigenvalue weighted by Gasteiger charge is 2.45. The Morgan fingerprint density at radius 2 is 1.61 bits per heavy atom. The van der Waals surface area contributed by atoms with E-state index in [0.29, 0.717) is 18.1 Å². The number of aliphatic carboxylic acids is 2. The highest BCUT2D eigenvalue weighted by Crippen LogP contribution is 2.29. The summed E-state index contributed by atoms with van der Waals surface area (Å²) in [5.74, 6) is -2.95. The summed E-state index contributed by atoms with van der Waals surface area (Å²) in [5.41, 5.74) is 0.170. The normalized spacial score (nSPS) is 12.7. The average Bonchev–Trinajstić information content (AvgIpc) is 2.48. The molecular formula is C15H27NO6Si. The van der Waals surface area contributed by atoms with Crippen LogP contribution in [0, 0.1) is 0 Å². The maximum Gasteiger partial charge on any atom is 0.351 e. The Kier molecular flexibility index (Phi) is 8.77. The molecule has 0 unspecified atom stereocenters. The molecule has 0 aromatic carbocycles. The van der Waals surface area contributed by atoms with Gasteiger partial charge in [0.25, 0.3) is 0 Å². The third kappa shape index (κ3) is 5.79. The Labute approximate surface area is 138 Å². The molecule has 0 spiro atoms. The van der Waals surface area contributed by atoms with E-state index in [1.54, 1.807) is 0 Å². The second-order valence-electron chi connectivity index (χ2n) is 5.56. The molecule has 0 aliphatic heterocycles. The number of hydrogen-bond acceptors (Lipinski definition) is 5. The second-order valence-corrected chi connectivity index (χ2v) is 10.6. The molecule has 0 aromatic heterocycles. The van der Waals surface area contributed by atoms with Gasteiger partial charge in [-0.2, -0.15) is 4.73 Å². The fourth-order valence-corrected chi connectivity index (χ4v) is 6.09. The summed E-state index contributed by atoms with van der Waals surface area (Å²) in [7, 11) is -2.38. The van der Waals surface area contributed by atoms with Crippen LogP contribution in [0.3, 0.4) is 0 Å². The lowest BCUT2D eigenvalue weighted by Gasteiger charge is -2.41. The molecule has 2 N–H and O–H groups in total. The first-order chi connectivity index (χ1) is 10.6. The molecule has 0 rings (SSSR count). The van der Waals surface area contributed by atoms with E-state index in [2.05, 4.69) is 6.58 Å². The molecular weight excluding hydrogens is 318 g/mol. The van der Waals surface area contributed by atoms with Crippen molar-refractivity contribution in [3.8, 4) is 0 Å². The Bertz CT molecular complexity index is 453. The highest BCUT2D eigenvalue weighted by molar-refractivity contribution is 6.77. The minimum Gasteiger partial charge on any atom is -0.481 e. The average molecular weight is 345 g/mol. The van der Waals surface area contributed by atoms with Gasteiger partial charge in [-0.1, -0.05) is 27.4 Å². The van der Waals surface area contributed by atoms with E-state index in [1.807, 2.05) is 20.8 Å². The Hall–Kier alpha value is -1.67. The van der Waals surface area contributed by atoms with E-state index in [4.69, 9.17) is 9.94 Å². The summed E-state index contributed by atoms with van der Waals surface area (Å²) < 4.78 is 1.31. The van der Waals surface area contributed by atoms with Crippen LogP contribution in [-0.2, 0) is 19.2 Å². The molecule has 0 heterocycles. The minimum atomic E-state index is -2.38. The summed E-state index contributed by atoms with van der Waals surface area (Å²) in [4.78, 5) is 39.8. The summed E-state index contributed by atoms with van der Waals surface area (Å²) in [6, 6.07) is 0.918.